The summed E-state index contributed by atoms with van der Waals surface area (Å²) >= 11 is 5.61. The molecule has 1 saturated heterocycles. The van der Waals surface area contributed by atoms with E-state index in [1.54, 1.807) is 0 Å². The Morgan fingerprint density at radius 3 is 2.75 bits per heavy atom. The molecule has 0 aromatic heterocycles. The minimum absolute atomic E-state index is 0.0310. The van der Waals surface area contributed by atoms with E-state index in [9.17, 15) is 22.9 Å². The van der Waals surface area contributed by atoms with Crippen molar-refractivity contribution in [1.82, 2.24) is 0 Å². The van der Waals surface area contributed by atoms with Crippen LogP contribution in [0.25, 0.3) is 0 Å². The molecule has 20 heavy (non-hydrogen) atoms. The number of nitrogens with zero attached hydrogens (tertiary/aromatic N) is 1. The average molecular weight is 323 g/mol. The second kappa shape index (κ2) is 5.53. The van der Waals surface area contributed by atoms with Crippen LogP contribution in [0.5, 0.6) is 0 Å². The number of benzene rings is 1. The Bertz CT molecular complexity index is 650. The summed E-state index contributed by atoms with van der Waals surface area (Å²) in [5.74, 6) is -0.864. The summed E-state index contributed by atoms with van der Waals surface area (Å²) < 4.78 is 36.3. The summed E-state index contributed by atoms with van der Waals surface area (Å²) in [5.41, 5.74) is -0.432. The van der Waals surface area contributed by atoms with Gasteiger partial charge in [0.25, 0.3) is 5.69 Å². The van der Waals surface area contributed by atoms with E-state index >= 15 is 0 Å². The summed E-state index contributed by atoms with van der Waals surface area (Å²) in [6.45, 7) is 0. The van der Waals surface area contributed by atoms with Crippen molar-refractivity contribution in [2.24, 2.45) is 0 Å². The summed E-state index contributed by atoms with van der Waals surface area (Å²) in [4.78, 5) is 10.2. The fourth-order valence-corrected chi connectivity index (χ4v) is 3.96. The van der Waals surface area contributed by atoms with Crippen molar-refractivity contribution >= 4 is 32.8 Å². The van der Waals surface area contributed by atoms with Crippen molar-refractivity contribution in [3.8, 4) is 0 Å². The number of halogens is 2. The zero-order valence-electron chi connectivity index (χ0n) is 10.3. The normalized spacial score (nSPS) is 21.4. The number of rotatable bonds is 3. The molecular weight excluding hydrogens is 311 g/mol. The lowest BCUT2D eigenvalue weighted by atomic mass is 10.1. The van der Waals surface area contributed by atoms with Gasteiger partial charge in [-0.15, -0.1) is 0 Å². The number of hydrogen-bond acceptors (Lipinski definition) is 5. The number of nitro groups is 1. The highest BCUT2D eigenvalue weighted by atomic mass is 35.5. The third-order valence-electron chi connectivity index (χ3n) is 3.06. The fourth-order valence-electron chi connectivity index (χ4n) is 2.16. The molecule has 0 bridgehead atoms. The molecule has 9 heteroatoms. The lowest BCUT2D eigenvalue weighted by molar-refractivity contribution is -0.384. The molecule has 2 rings (SSSR count). The van der Waals surface area contributed by atoms with Crippen LogP contribution >= 0.6 is 11.6 Å². The molecule has 110 valence electrons. The van der Waals surface area contributed by atoms with Crippen LogP contribution in [0, 0.1) is 15.9 Å². The molecule has 0 aliphatic carbocycles. The molecule has 1 N–H and O–H groups in total. The number of nitro benzene ring substituents is 1. The van der Waals surface area contributed by atoms with Crippen LogP contribution in [0.4, 0.5) is 15.8 Å². The Balaban J connectivity index is 2.29. The second-order valence-corrected chi connectivity index (χ2v) is 7.27. The lowest BCUT2D eigenvalue weighted by Crippen LogP contribution is -2.35. The third kappa shape index (κ3) is 3.37. The first kappa shape index (κ1) is 15.0. The molecule has 1 fully saturated rings. The van der Waals surface area contributed by atoms with Gasteiger partial charge in [0.05, 0.1) is 27.5 Å². The smallest absolute Gasteiger partial charge is 0.295 e. The molecule has 1 atom stereocenters. The summed E-state index contributed by atoms with van der Waals surface area (Å²) in [5, 5.41) is 13.4. The van der Waals surface area contributed by atoms with Gasteiger partial charge >= 0.3 is 0 Å². The van der Waals surface area contributed by atoms with Gasteiger partial charge in [0.15, 0.2) is 9.84 Å². The zero-order valence-corrected chi connectivity index (χ0v) is 11.9. The third-order valence-corrected chi connectivity index (χ3v) is 5.17. The molecule has 0 spiro atoms. The van der Waals surface area contributed by atoms with Crippen LogP contribution in [0.3, 0.4) is 0 Å². The molecule has 1 aliphatic rings. The maximum absolute atomic E-state index is 13.3. The molecular formula is C11H12ClFN2O4S. The zero-order chi connectivity index (χ0) is 14.9. The molecule has 0 radical (unpaired) electrons. The Labute approximate surface area is 120 Å². The SMILES string of the molecule is O=[N+]([O-])c1cc(F)c(Cl)cc1NC1CCCS(=O)(=O)C1. The Kier molecular flexibility index (Phi) is 4.14. The molecule has 1 aromatic rings. The van der Waals surface area contributed by atoms with Crippen molar-refractivity contribution in [3.05, 3.63) is 33.1 Å². The van der Waals surface area contributed by atoms with E-state index in [1.807, 2.05) is 0 Å². The van der Waals surface area contributed by atoms with Gasteiger partial charge in [0.2, 0.25) is 0 Å². The molecule has 1 heterocycles. The highest BCUT2D eigenvalue weighted by molar-refractivity contribution is 7.91. The van der Waals surface area contributed by atoms with E-state index in [-0.39, 0.29) is 22.2 Å². The van der Waals surface area contributed by atoms with Crippen LogP contribution < -0.4 is 5.32 Å². The Hall–Kier alpha value is -1.41. The maximum Gasteiger partial charge on any atom is 0.295 e. The Morgan fingerprint density at radius 2 is 2.15 bits per heavy atom. The Morgan fingerprint density at radius 1 is 1.45 bits per heavy atom. The number of sulfone groups is 1. The molecule has 1 aliphatic heterocycles. The van der Waals surface area contributed by atoms with Gasteiger partial charge in [-0.3, -0.25) is 10.1 Å². The van der Waals surface area contributed by atoms with Gasteiger partial charge in [-0.2, -0.15) is 0 Å². The van der Waals surface area contributed by atoms with Crippen LogP contribution in [0.2, 0.25) is 5.02 Å². The topological polar surface area (TPSA) is 89.3 Å². The lowest BCUT2D eigenvalue weighted by Gasteiger charge is -2.23. The van der Waals surface area contributed by atoms with Crippen LogP contribution in [0.1, 0.15) is 12.8 Å². The van der Waals surface area contributed by atoms with E-state index in [1.165, 1.54) is 0 Å². The van der Waals surface area contributed by atoms with Gasteiger partial charge in [-0.1, -0.05) is 11.6 Å². The van der Waals surface area contributed by atoms with Gasteiger partial charge in [-0.25, -0.2) is 12.8 Å². The van der Waals surface area contributed by atoms with Gasteiger partial charge < -0.3 is 5.32 Å². The second-order valence-electron chi connectivity index (χ2n) is 4.64. The number of anilines is 1. The molecule has 1 aromatic carbocycles. The first-order valence-electron chi connectivity index (χ1n) is 5.89. The average Bonchev–Trinajstić information content (AvgIpc) is 2.32. The standard InChI is InChI=1S/C11H12ClFN2O4S/c12-8-4-10(11(15(16)17)5-9(8)13)14-7-2-1-3-20(18,19)6-7/h4-5,7,14H,1-3,6H2. The highest BCUT2D eigenvalue weighted by Gasteiger charge is 2.27. The maximum atomic E-state index is 13.3. The van der Waals surface area contributed by atoms with E-state index in [0.29, 0.717) is 12.8 Å². The van der Waals surface area contributed by atoms with Crippen LogP contribution in [-0.4, -0.2) is 30.9 Å². The van der Waals surface area contributed by atoms with Crippen molar-refractivity contribution in [1.29, 1.82) is 0 Å². The van der Waals surface area contributed by atoms with Crippen molar-refractivity contribution < 1.29 is 17.7 Å². The summed E-state index contributed by atoms with van der Waals surface area (Å²) in [6.07, 6.45) is 1.06. The van der Waals surface area contributed by atoms with E-state index in [0.717, 1.165) is 12.1 Å². The van der Waals surface area contributed by atoms with Crippen LogP contribution in [0.15, 0.2) is 12.1 Å². The monoisotopic (exact) mass is 322 g/mol. The quantitative estimate of drug-likeness (QED) is 0.681. The van der Waals surface area contributed by atoms with Crippen molar-refractivity contribution in [2.45, 2.75) is 18.9 Å². The van der Waals surface area contributed by atoms with Crippen molar-refractivity contribution in [2.75, 3.05) is 16.8 Å². The summed E-state index contributed by atoms with van der Waals surface area (Å²) in [6, 6.07) is 1.40. The van der Waals surface area contributed by atoms with E-state index < -0.39 is 32.3 Å². The van der Waals surface area contributed by atoms with Crippen molar-refractivity contribution in [3.63, 3.8) is 0 Å². The number of hydrogen-bond donors (Lipinski definition) is 1. The first-order valence-corrected chi connectivity index (χ1v) is 8.09. The van der Waals surface area contributed by atoms with Gasteiger partial charge in [0, 0.05) is 6.04 Å². The minimum atomic E-state index is -3.14. The van der Waals surface area contributed by atoms with E-state index in [2.05, 4.69) is 5.32 Å². The van der Waals surface area contributed by atoms with E-state index in [4.69, 9.17) is 11.6 Å². The molecule has 0 saturated carbocycles. The van der Waals surface area contributed by atoms with Gasteiger partial charge in [-0.05, 0) is 18.9 Å². The van der Waals surface area contributed by atoms with Crippen LogP contribution in [-0.2, 0) is 9.84 Å². The molecule has 1 unspecified atom stereocenters. The summed E-state index contributed by atoms with van der Waals surface area (Å²) in [7, 11) is -3.14. The highest BCUT2D eigenvalue weighted by Crippen LogP contribution is 2.31. The molecule has 6 nitrogen and oxygen atoms in total. The molecule has 0 amide bonds. The van der Waals surface area contributed by atoms with Gasteiger partial charge in [0.1, 0.15) is 11.5 Å². The fraction of sp³-hybridized carbons (Fsp3) is 0.455. The number of nitrogens with one attached hydrogen (secondary N) is 1. The minimum Gasteiger partial charge on any atom is -0.376 e. The predicted molar refractivity (Wildman–Crippen MR) is 73.4 cm³/mol. The first-order chi connectivity index (χ1) is 9.28. The predicted octanol–water partition coefficient (Wildman–Crippen LogP) is 2.38. The largest absolute Gasteiger partial charge is 0.376 e.